The molecular formula is C23H22FNO4S3. The normalized spacial score (nSPS) is 11.2. The molecule has 2 N–H and O–H groups in total. The molecule has 0 saturated carbocycles. The van der Waals surface area contributed by atoms with Crippen molar-refractivity contribution in [2.45, 2.75) is 28.1 Å². The Morgan fingerprint density at radius 3 is 2.31 bits per heavy atom. The van der Waals surface area contributed by atoms with Crippen molar-refractivity contribution >= 4 is 58.1 Å². The lowest BCUT2D eigenvalue weighted by Gasteiger charge is -2.17. The number of hydrogen-bond acceptors (Lipinski definition) is 6. The maximum atomic E-state index is 13.5. The van der Waals surface area contributed by atoms with Gasteiger partial charge in [0.15, 0.2) is 0 Å². The summed E-state index contributed by atoms with van der Waals surface area (Å²) in [4.78, 5) is 27.3. The SMILES string of the molecule is O=C(O)CCSC(SCCC(=O)O)c1cccc(SCc2ccc3ccc(F)cc3n2)c1. The first kappa shape index (κ1) is 24.4. The molecule has 0 radical (unpaired) electrons. The van der Waals surface area contributed by atoms with Crippen molar-refractivity contribution in [1.82, 2.24) is 4.98 Å². The number of thioether (sulfide) groups is 3. The van der Waals surface area contributed by atoms with Gasteiger partial charge in [0.1, 0.15) is 5.82 Å². The van der Waals surface area contributed by atoms with Crippen LogP contribution in [0.2, 0.25) is 0 Å². The van der Waals surface area contributed by atoms with Gasteiger partial charge in [0.25, 0.3) is 0 Å². The van der Waals surface area contributed by atoms with E-state index in [1.807, 2.05) is 30.3 Å². The summed E-state index contributed by atoms with van der Waals surface area (Å²) in [6, 6.07) is 16.4. The molecule has 5 nitrogen and oxygen atoms in total. The van der Waals surface area contributed by atoms with Crippen LogP contribution in [0.1, 0.15) is 28.7 Å². The van der Waals surface area contributed by atoms with Gasteiger partial charge in [0, 0.05) is 33.6 Å². The van der Waals surface area contributed by atoms with Crippen LogP contribution in [0.5, 0.6) is 0 Å². The van der Waals surface area contributed by atoms with Gasteiger partial charge in [-0.3, -0.25) is 14.6 Å². The Hall–Kier alpha value is -2.23. The van der Waals surface area contributed by atoms with Crippen LogP contribution in [-0.2, 0) is 15.3 Å². The van der Waals surface area contributed by atoms with E-state index in [4.69, 9.17) is 10.2 Å². The molecule has 0 fully saturated rings. The zero-order valence-corrected chi connectivity index (χ0v) is 19.5. The molecule has 3 rings (SSSR count). The molecule has 3 aromatic rings. The first-order chi connectivity index (χ1) is 15.4. The predicted molar refractivity (Wildman–Crippen MR) is 130 cm³/mol. The highest BCUT2D eigenvalue weighted by Crippen LogP contribution is 2.41. The highest BCUT2D eigenvalue weighted by Gasteiger charge is 2.15. The zero-order valence-electron chi connectivity index (χ0n) is 17.1. The molecule has 168 valence electrons. The Labute approximate surface area is 198 Å². The number of benzene rings is 2. The van der Waals surface area contributed by atoms with Crippen molar-refractivity contribution in [3.63, 3.8) is 0 Å². The lowest BCUT2D eigenvalue weighted by atomic mass is 10.2. The molecule has 0 aliphatic carbocycles. The molecule has 0 atom stereocenters. The smallest absolute Gasteiger partial charge is 0.304 e. The fourth-order valence-electron chi connectivity index (χ4n) is 2.87. The van der Waals surface area contributed by atoms with Gasteiger partial charge in [-0.1, -0.05) is 18.2 Å². The second-order valence-electron chi connectivity index (χ2n) is 6.86. The van der Waals surface area contributed by atoms with Gasteiger partial charge < -0.3 is 10.2 Å². The van der Waals surface area contributed by atoms with Crippen LogP contribution in [0.25, 0.3) is 10.9 Å². The van der Waals surface area contributed by atoms with Crippen LogP contribution in [0, 0.1) is 5.82 Å². The van der Waals surface area contributed by atoms with Crippen LogP contribution >= 0.6 is 35.3 Å². The molecule has 0 unspecified atom stereocenters. The van der Waals surface area contributed by atoms with Gasteiger partial charge in [-0.25, -0.2) is 4.39 Å². The van der Waals surface area contributed by atoms with E-state index in [9.17, 15) is 14.0 Å². The minimum Gasteiger partial charge on any atom is -0.481 e. The van der Waals surface area contributed by atoms with Crippen LogP contribution in [0.15, 0.2) is 59.5 Å². The number of carboxylic acid groups (broad SMARTS) is 2. The molecule has 0 aliphatic rings. The predicted octanol–water partition coefficient (Wildman–Crippen LogP) is 6.08. The molecular weight excluding hydrogens is 469 g/mol. The van der Waals surface area contributed by atoms with E-state index in [1.54, 1.807) is 17.8 Å². The molecule has 32 heavy (non-hydrogen) atoms. The van der Waals surface area contributed by atoms with E-state index in [2.05, 4.69) is 11.1 Å². The second kappa shape index (κ2) is 12.1. The fraction of sp³-hybridized carbons (Fsp3) is 0.261. The van der Waals surface area contributed by atoms with Crippen LogP contribution in [-0.4, -0.2) is 38.6 Å². The number of carbonyl (C=O) groups is 2. The summed E-state index contributed by atoms with van der Waals surface area (Å²) in [5.74, 6) is -0.477. The summed E-state index contributed by atoms with van der Waals surface area (Å²) in [6.07, 6.45) is 0.118. The molecule has 0 amide bonds. The summed E-state index contributed by atoms with van der Waals surface area (Å²) in [6.45, 7) is 0. The molecule has 0 saturated heterocycles. The van der Waals surface area contributed by atoms with Gasteiger partial charge >= 0.3 is 11.9 Å². The van der Waals surface area contributed by atoms with Crippen molar-refractivity contribution in [1.29, 1.82) is 0 Å². The number of halogens is 1. The topological polar surface area (TPSA) is 87.5 Å². The molecule has 1 aromatic heterocycles. The Kier molecular flexibility index (Phi) is 9.25. The summed E-state index contributed by atoms with van der Waals surface area (Å²) in [5.41, 5.74) is 2.50. The van der Waals surface area contributed by atoms with Gasteiger partial charge in [0.05, 0.1) is 28.6 Å². The summed E-state index contributed by atoms with van der Waals surface area (Å²) in [5, 5.41) is 18.7. The van der Waals surface area contributed by atoms with E-state index in [0.717, 1.165) is 21.5 Å². The summed E-state index contributed by atoms with van der Waals surface area (Å²) >= 11 is 4.64. The van der Waals surface area contributed by atoms with Crippen molar-refractivity contribution in [2.75, 3.05) is 11.5 Å². The first-order valence-electron chi connectivity index (χ1n) is 9.85. The minimum atomic E-state index is -0.848. The lowest BCUT2D eigenvalue weighted by molar-refractivity contribution is -0.137. The third kappa shape index (κ3) is 7.72. The molecule has 0 spiro atoms. The Morgan fingerprint density at radius 1 is 0.938 bits per heavy atom. The van der Waals surface area contributed by atoms with Crippen molar-refractivity contribution in [3.05, 3.63) is 71.7 Å². The van der Waals surface area contributed by atoms with E-state index in [1.165, 1.54) is 35.7 Å². The molecule has 0 aliphatic heterocycles. The molecule has 1 heterocycles. The highest BCUT2D eigenvalue weighted by atomic mass is 32.2. The fourth-order valence-corrected chi connectivity index (χ4v) is 6.39. The number of fused-ring (bicyclic) bond motifs is 1. The molecule has 9 heteroatoms. The number of aliphatic carboxylic acids is 2. The van der Waals surface area contributed by atoms with Gasteiger partial charge in [-0.2, -0.15) is 0 Å². The van der Waals surface area contributed by atoms with Crippen LogP contribution < -0.4 is 0 Å². The quantitative estimate of drug-likeness (QED) is 0.233. The monoisotopic (exact) mass is 491 g/mol. The zero-order chi connectivity index (χ0) is 22.9. The lowest BCUT2D eigenvalue weighted by Crippen LogP contribution is -2.01. The number of nitrogens with zero attached hydrogens (tertiary/aromatic N) is 1. The van der Waals surface area contributed by atoms with E-state index < -0.39 is 11.9 Å². The Morgan fingerprint density at radius 2 is 1.62 bits per heavy atom. The van der Waals surface area contributed by atoms with Gasteiger partial charge in [0.2, 0.25) is 0 Å². The van der Waals surface area contributed by atoms with Gasteiger partial charge in [-0.05, 0) is 35.9 Å². The highest BCUT2D eigenvalue weighted by molar-refractivity contribution is 8.16. The van der Waals surface area contributed by atoms with Crippen LogP contribution in [0.3, 0.4) is 0 Å². The van der Waals surface area contributed by atoms with E-state index in [-0.39, 0.29) is 23.2 Å². The number of hydrogen-bond donors (Lipinski definition) is 2. The number of pyridine rings is 1. The average Bonchev–Trinajstić information content (AvgIpc) is 2.76. The maximum absolute atomic E-state index is 13.5. The standard InChI is InChI=1S/C23H22FNO4S3/c24-17-6-4-15-5-7-18(25-20(15)13-17)14-32-19-3-1-2-16(12-19)23(30-10-8-21(26)27)31-11-9-22(28)29/h1-7,12-13,23H,8-11,14H2,(H,26,27)(H,28,29). The molecule has 0 bridgehead atoms. The van der Waals surface area contributed by atoms with E-state index >= 15 is 0 Å². The van der Waals surface area contributed by atoms with Crippen molar-refractivity contribution in [3.8, 4) is 0 Å². The maximum Gasteiger partial charge on any atom is 0.304 e. The number of rotatable bonds is 12. The van der Waals surface area contributed by atoms with E-state index in [0.29, 0.717) is 22.8 Å². The van der Waals surface area contributed by atoms with Crippen molar-refractivity contribution < 1.29 is 24.2 Å². The first-order valence-corrected chi connectivity index (χ1v) is 12.9. The largest absolute Gasteiger partial charge is 0.481 e. The Balaban J connectivity index is 1.67. The third-order valence-corrected chi connectivity index (χ3v) is 8.27. The Bertz CT molecular complexity index is 1080. The summed E-state index contributed by atoms with van der Waals surface area (Å²) in [7, 11) is 0. The minimum absolute atomic E-state index is 0.0454. The van der Waals surface area contributed by atoms with Crippen LogP contribution in [0.4, 0.5) is 4.39 Å². The summed E-state index contributed by atoms with van der Waals surface area (Å²) < 4.78 is 13.4. The molecule has 2 aromatic carbocycles. The van der Waals surface area contributed by atoms with Gasteiger partial charge in [-0.15, -0.1) is 35.3 Å². The second-order valence-corrected chi connectivity index (χ2v) is 10.6. The average molecular weight is 492 g/mol. The third-order valence-electron chi connectivity index (χ3n) is 4.40. The number of carboxylic acids is 2. The van der Waals surface area contributed by atoms with Crippen molar-refractivity contribution in [2.24, 2.45) is 0 Å². The number of aromatic nitrogens is 1.